The fourth-order valence-electron chi connectivity index (χ4n) is 6.01. The van der Waals surface area contributed by atoms with Crippen molar-refractivity contribution in [2.45, 2.75) is 0 Å². The molecule has 2 fully saturated rings. The van der Waals surface area contributed by atoms with Gasteiger partial charge in [0.05, 0.1) is 36.8 Å². The fraction of sp³-hybridized carbons (Fsp3) is 0.200. The van der Waals surface area contributed by atoms with E-state index in [1.54, 1.807) is 32.4 Å². The highest BCUT2D eigenvalue weighted by molar-refractivity contribution is 6.38. The zero-order valence-electron chi connectivity index (χ0n) is 20.2. The molecular weight excluding hydrogens is 509 g/mol. The number of benzene rings is 3. The third-order valence-corrected chi connectivity index (χ3v) is 8.15. The molecule has 37 heavy (non-hydrogen) atoms. The molecule has 4 atom stereocenters. The summed E-state index contributed by atoms with van der Waals surface area (Å²) in [6, 6.07) is 20.6. The van der Waals surface area contributed by atoms with Crippen molar-refractivity contribution in [3.05, 3.63) is 106 Å². The standard InChI is InChI=1S/C30H23Cl2NO4/c1-36-19-8-3-16(4-9-19)25(17-5-10-20(37-2)11-6-17)26-21-12-13-22(26)28-27(21)29(34)33(30(28)35)24-14-7-18(31)15-23(24)32/h3-15,21-22,27-28H,1-2H3/t21-,22-,27+,28+/m1/s1. The first-order valence-electron chi connectivity index (χ1n) is 12.0. The number of amides is 2. The fourth-order valence-corrected chi connectivity index (χ4v) is 6.50. The Labute approximate surface area is 224 Å². The monoisotopic (exact) mass is 531 g/mol. The van der Waals surface area contributed by atoms with Crippen molar-refractivity contribution in [1.82, 2.24) is 0 Å². The van der Waals surface area contributed by atoms with Gasteiger partial charge in [0, 0.05) is 16.9 Å². The van der Waals surface area contributed by atoms with Crippen LogP contribution in [0.2, 0.25) is 10.0 Å². The van der Waals surface area contributed by atoms with Crippen LogP contribution in [-0.4, -0.2) is 26.0 Å². The number of hydrogen-bond donors (Lipinski definition) is 0. The van der Waals surface area contributed by atoms with Crippen LogP contribution in [0, 0.1) is 23.7 Å². The number of rotatable bonds is 5. The summed E-state index contributed by atoms with van der Waals surface area (Å²) in [6.45, 7) is 0. The Bertz CT molecular complexity index is 1390. The Morgan fingerprint density at radius 1 is 0.730 bits per heavy atom. The smallest absolute Gasteiger partial charge is 0.238 e. The van der Waals surface area contributed by atoms with Crippen LogP contribution in [-0.2, 0) is 9.59 Å². The maximum atomic E-state index is 13.8. The lowest BCUT2D eigenvalue weighted by Crippen LogP contribution is -2.33. The lowest BCUT2D eigenvalue weighted by atomic mass is 9.85. The molecule has 3 aromatic carbocycles. The molecule has 0 aromatic heterocycles. The maximum Gasteiger partial charge on any atom is 0.238 e. The van der Waals surface area contributed by atoms with Gasteiger partial charge in [0.2, 0.25) is 11.8 Å². The van der Waals surface area contributed by atoms with E-state index >= 15 is 0 Å². The van der Waals surface area contributed by atoms with Crippen molar-refractivity contribution >= 4 is 46.3 Å². The van der Waals surface area contributed by atoms with Crippen LogP contribution >= 0.6 is 23.2 Å². The number of carbonyl (C=O) groups excluding carboxylic acids is 2. The minimum Gasteiger partial charge on any atom is -0.497 e. The first-order valence-corrected chi connectivity index (χ1v) is 12.7. The topological polar surface area (TPSA) is 55.8 Å². The molecule has 0 unspecified atom stereocenters. The molecule has 0 spiro atoms. The van der Waals surface area contributed by atoms with Crippen LogP contribution in [0.4, 0.5) is 5.69 Å². The van der Waals surface area contributed by atoms with Crippen molar-refractivity contribution in [3.63, 3.8) is 0 Å². The van der Waals surface area contributed by atoms with Crippen molar-refractivity contribution < 1.29 is 19.1 Å². The molecule has 2 bridgehead atoms. The van der Waals surface area contributed by atoms with Gasteiger partial charge in [-0.05, 0) is 64.7 Å². The van der Waals surface area contributed by atoms with Gasteiger partial charge in [-0.15, -0.1) is 0 Å². The van der Waals surface area contributed by atoms with Gasteiger partial charge in [0.15, 0.2) is 0 Å². The summed E-state index contributed by atoms with van der Waals surface area (Å²) in [4.78, 5) is 28.8. The number of nitrogens with zero attached hydrogens (tertiary/aromatic N) is 1. The van der Waals surface area contributed by atoms with E-state index in [4.69, 9.17) is 32.7 Å². The van der Waals surface area contributed by atoms with E-state index < -0.39 is 11.8 Å². The molecule has 1 saturated carbocycles. The van der Waals surface area contributed by atoms with Crippen LogP contribution in [0.5, 0.6) is 11.5 Å². The summed E-state index contributed by atoms with van der Waals surface area (Å²) in [5.41, 5.74) is 4.49. The number of carbonyl (C=O) groups is 2. The lowest BCUT2D eigenvalue weighted by Gasteiger charge is -2.22. The van der Waals surface area contributed by atoms with Gasteiger partial charge in [-0.2, -0.15) is 0 Å². The quantitative estimate of drug-likeness (QED) is 0.281. The molecule has 0 N–H and O–H groups in total. The summed E-state index contributed by atoms with van der Waals surface area (Å²) in [5.74, 6) is -0.272. The molecule has 5 nitrogen and oxygen atoms in total. The van der Waals surface area contributed by atoms with E-state index in [9.17, 15) is 9.59 Å². The number of imide groups is 1. The number of methoxy groups -OCH3 is 2. The summed E-state index contributed by atoms with van der Waals surface area (Å²) >= 11 is 12.5. The highest BCUT2D eigenvalue weighted by Gasteiger charge is 2.62. The van der Waals surface area contributed by atoms with Gasteiger partial charge in [-0.1, -0.05) is 59.6 Å². The number of anilines is 1. The second-order valence-electron chi connectivity index (χ2n) is 9.38. The number of ether oxygens (including phenoxy) is 2. The second-order valence-corrected chi connectivity index (χ2v) is 10.2. The Hall–Kier alpha value is -3.54. The Kier molecular flexibility index (Phi) is 5.85. The molecule has 3 aromatic rings. The third kappa shape index (κ3) is 3.68. The minimum absolute atomic E-state index is 0.193. The summed E-state index contributed by atoms with van der Waals surface area (Å²) in [6.07, 6.45) is 4.15. The van der Waals surface area contributed by atoms with Crippen LogP contribution in [0.25, 0.3) is 5.57 Å². The summed E-state index contributed by atoms with van der Waals surface area (Å²) in [5, 5.41) is 0.728. The maximum absolute atomic E-state index is 13.8. The minimum atomic E-state index is -0.476. The molecule has 2 amide bonds. The molecular formula is C30H23Cl2NO4. The van der Waals surface area contributed by atoms with E-state index in [1.807, 2.05) is 48.5 Å². The normalized spacial score (nSPS) is 23.6. The molecule has 3 aliphatic rings. The Balaban J connectivity index is 1.47. The van der Waals surface area contributed by atoms with Crippen LogP contribution < -0.4 is 14.4 Å². The zero-order valence-corrected chi connectivity index (χ0v) is 21.7. The molecule has 0 radical (unpaired) electrons. The highest BCUT2D eigenvalue weighted by Crippen LogP contribution is 2.59. The average molecular weight is 532 g/mol. The van der Waals surface area contributed by atoms with Gasteiger partial charge >= 0.3 is 0 Å². The highest BCUT2D eigenvalue weighted by atomic mass is 35.5. The molecule has 7 heteroatoms. The molecule has 2 aliphatic carbocycles. The largest absolute Gasteiger partial charge is 0.497 e. The van der Waals surface area contributed by atoms with Gasteiger partial charge in [-0.25, -0.2) is 4.90 Å². The van der Waals surface area contributed by atoms with Gasteiger partial charge in [0.25, 0.3) is 0 Å². The first kappa shape index (κ1) is 23.8. The number of halogens is 2. The number of allylic oxidation sites excluding steroid dienone is 3. The van der Waals surface area contributed by atoms with Gasteiger partial charge in [-0.3, -0.25) is 9.59 Å². The van der Waals surface area contributed by atoms with Gasteiger partial charge < -0.3 is 9.47 Å². The average Bonchev–Trinajstić information content (AvgIpc) is 3.54. The molecule has 1 heterocycles. The number of fused-ring (bicyclic) bond motifs is 5. The second kappa shape index (κ2) is 9.09. The predicted octanol–water partition coefficient (Wildman–Crippen LogP) is 6.43. The van der Waals surface area contributed by atoms with Crippen LogP contribution in [0.1, 0.15) is 11.1 Å². The summed E-state index contributed by atoms with van der Waals surface area (Å²) < 4.78 is 10.7. The van der Waals surface area contributed by atoms with E-state index in [-0.39, 0.29) is 28.7 Å². The van der Waals surface area contributed by atoms with E-state index in [0.717, 1.165) is 33.8 Å². The lowest BCUT2D eigenvalue weighted by molar-refractivity contribution is -0.122. The molecule has 186 valence electrons. The predicted molar refractivity (Wildman–Crippen MR) is 144 cm³/mol. The van der Waals surface area contributed by atoms with E-state index in [0.29, 0.717) is 10.7 Å². The van der Waals surface area contributed by atoms with Crippen molar-refractivity contribution in [3.8, 4) is 11.5 Å². The molecule has 1 aliphatic heterocycles. The Morgan fingerprint density at radius 2 is 1.22 bits per heavy atom. The number of hydrogen-bond acceptors (Lipinski definition) is 4. The first-order chi connectivity index (χ1) is 17.9. The SMILES string of the molecule is COc1ccc(C(=C2[C@H]3C=C[C@H]2[C@@H]2C(=O)N(c4ccc(Cl)cc4Cl)C(=O)[C@H]23)c2ccc(OC)cc2)cc1. The van der Waals surface area contributed by atoms with Crippen LogP contribution in [0.15, 0.2) is 84.5 Å². The Morgan fingerprint density at radius 3 is 1.65 bits per heavy atom. The summed E-state index contributed by atoms with van der Waals surface area (Å²) in [7, 11) is 3.27. The third-order valence-electron chi connectivity index (χ3n) is 7.61. The molecule has 1 saturated heterocycles. The van der Waals surface area contributed by atoms with Crippen molar-refractivity contribution in [2.75, 3.05) is 19.1 Å². The van der Waals surface area contributed by atoms with Gasteiger partial charge in [0.1, 0.15) is 11.5 Å². The van der Waals surface area contributed by atoms with E-state index in [2.05, 4.69) is 12.2 Å². The molecule has 6 rings (SSSR count). The van der Waals surface area contributed by atoms with Crippen molar-refractivity contribution in [2.24, 2.45) is 23.7 Å². The zero-order chi connectivity index (χ0) is 25.8. The van der Waals surface area contributed by atoms with Crippen LogP contribution in [0.3, 0.4) is 0 Å². The van der Waals surface area contributed by atoms with Crippen molar-refractivity contribution in [1.29, 1.82) is 0 Å². The van der Waals surface area contributed by atoms with E-state index in [1.165, 1.54) is 4.90 Å².